The molecule has 0 radical (unpaired) electrons. The summed E-state index contributed by atoms with van der Waals surface area (Å²) in [4.78, 5) is 10.6. The molecule has 6 nitrogen and oxygen atoms in total. The molecule has 0 amide bonds. The first-order valence-electron chi connectivity index (χ1n) is 3.93. The highest BCUT2D eigenvalue weighted by atomic mass is 35.5. The monoisotopic (exact) mass is 252 g/mol. The molecule has 1 heterocycles. The van der Waals surface area contributed by atoms with Gasteiger partial charge in [0.2, 0.25) is 0 Å². The third-order valence-corrected chi connectivity index (χ3v) is 2.84. The SMILES string of the molecule is CS(=O)(=O)CCn1cc(C(=O)O)c(Cl)n1. The lowest BCUT2D eigenvalue weighted by Gasteiger charge is -1.98. The Kier molecular flexibility index (Phi) is 3.35. The summed E-state index contributed by atoms with van der Waals surface area (Å²) in [5.41, 5.74) is -0.134. The number of aryl methyl sites for hydroxylation is 1. The maximum atomic E-state index is 10.8. The Labute approximate surface area is 91.4 Å². The molecule has 0 fully saturated rings. The second-order valence-corrected chi connectivity index (χ2v) is 5.65. The minimum atomic E-state index is -3.10. The smallest absolute Gasteiger partial charge is 0.340 e. The number of halogens is 1. The number of carboxylic acid groups (broad SMARTS) is 1. The number of hydrogen-bond acceptors (Lipinski definition) is 4. The summed E-state index contributed by atoms with van der Waals surface area (Å²) in [6.07, 6.45) is 2.30. The average Bonchev–Trinajstić information content (AvgIpc) is 2.42. The molecule has 0 unspecified atom stereocenters. The predicted molar refractivity (Wildman–Crippen MR) is 53.9 cm³/mol. The summed E-state index contributed by atoms with van der Waals surface area (Å²) in [6.45, 7) is 0.0891. The molecule has 0 aliphatic rings. The highest BCUT2D eigenvalue weighted by Gasteiger charge is 2.14. The van der Waals surface area contributed by atoms with E-state index in [0.29, 0.717) is 0 Å². The Morgan fingerprint density at radius 1 is 1.67 bits per heavy atom. The van der Waals surface area contributed by atoms with E-state index in [-0.39, 0.29) is 23.0 Å². The fourth-order valence-electron chi connectivity index (χ4n) is 0.915. The maximum Gasteiger partial charge on any atom is 0.340 e. The van der Waals surface area contributed by atoms with Crippen LogP contribution < -0.4 is 0 Å². The van der Waals surface area contributed by atoms with E-state index in [1.54, 1.807) is 0 Å². The van der Waals surface area contributed by atoms with Crippen molar-refractivity contribution in [3.8, 4) is 0 Å². The molecule has 0 aliphatic carbocycles. The van der Waals surface area contributed by atoms with Crippen molar-refractivity contribution in [3.05, 3.63) is 16.9 Å². The second kappa shape index (κ2) is 4.19. The zero-order valence-electron chi connectivity index (χ0n) is 7.84. The molecular formula is C7H9ClN2O4S. The number of sulfone groups is 1. The molecule has 15 heavy (non-hydrogen) atoms. The summed E-state index contributed by atoms with van der Waals surface area (Å²) in [5.74, 6) is -1.30. The van der Waals surface area contributed by atoms with Gasteiger partial charge in [-0.25, -0.2) is 13.2 Å². The minimum Gasteiger partial charge on any atom is -0.478 e. The molecule has 8 heteroatoms. The van der Waals surface area contributed by atoms with Crippen LogP contribution in [0.25, 0.3) is 0 Å². The van der Waals surface area contributed by atoms with E-state index in [0.717, 1.165) is 6.26 Å². The van der Waals surface area contributed by atoms with Crippen LogP contribution in [0.2, 0.25) is 5.15 Å². The van der Waals surface area contributed by atoms with Crippen LogP contribution in [0, 0.1) is 0 Å². The molecule has 1 N–H and O–H groups in total. The summed E-state index contributed by atoms with van der Waals surface area (Å²) in [5, 5.41) is 12.2. The van der Waals surface area contributed by atoms with Crippen LogP contribution in [0.5, 0.6) is 0 Å². The number of aromatic carboxylic acids is 1. The molecule has 0 saturated heterocycles. The van der Waals surface area contributed by atoms with Crippen molar-refractivity contribution in [2.75, 3.05) is 12.0 Å². The van der Waals surface area contributed by atoms with E-state index < -0.39 is 15.8 Å². The zero-order chi connectivity index (χ0) is 11.6. The van der Waals surface area contributed by atoms with Crippen LogP contribution >= 0.6 is 11.6 Å². The molecule has 0 aliphatic heterocycles. The van der Waals surface area contributed by atoms with E-state index in [1.807, 2.05) is 0 Å². The van der Waals surface area contributed by atoms with Gasteiger partial charge in [-0.2, -0.15) is 5.10 Å². The maximum absolute atomic E-state index is 10.8. The molecule has 0 aromatic carbocycles. The number of rotatable bonds is 4. The first kappa shape index (κ1) is 12.0. The van der Waals surface area contributed by atoms with E-state index in [1.165, 1.54) is 10.9 Å². The van der Waals surface area contributed by atoms with Crippen molar-refractivity contribution >= 4 is 27.4 Å². The summed E-state index contributed by atoms with van der Waals surface area (Å²) in [7, 11) is -3.10. The van der Waals surface area contributed by atoms with E-state index in [9.17, 15) is 13.2 Å². The number of carboxylic acids is 1. The van der Waals surface area contributed by atoms with Gasteiger partial charge in [-0.15, -0.1) is 0 Å². The lowest BCUT2D eigenvalue weighted by atomic mass is 10.4. The van der Waals surface area contributed by atoms with Crippen LogP contribution in [0.3, 0.4) is 0 Å². The first-order valence-corrected chi connectivity index (χ1v) is 6.37. The Balaban J connectivity index is 2.81. The molecule has 0 atom stereocenters. The van der Waals surface area contributed by atoms with Gasteiger partial charge < -0.3 is 5.11 Å². The van der Waals surface area contributed by atoms with Gasteiger partial charge in [0.1, 0.15) is 15.4 Å². The fourth-order valence-corrected chi connectivity index (χ4v) is 1.66. The molecule has 84 valence electrons. The van der Waals surface area contributed by atoms with Crippen LogP contribution in [-0.4, -0.2) is 41.3 Å². The van der Waals surface area contributed by atoms with Crippen LogP contribution in [0.15, 0.2) is 6.20 Å². The van der Waals surface area contributed by atoms with Gasteiger partial charge >= 0.3 is 5.97 Å². The average molecular weight is 253 g/mol. The van der Waals surface area contributed by atoms with Crippen LogP contribution in [0.4, 0.5) is 0 Å². The fraction of sp³-hybridized carbons (Fsp3) is 0.429. The summed E-state index contributed by atoms with van der Waals surface area (Å²) in [6, 6.07) is 0. The van der Waals surface area contributed by atoms with E-state index in [4.69, 9.17) is 16.7 Å². The van der Waals surface area contributed by atoms with Gasteiger partial charge in [0.15, 0.2) is 5.15 Å². The van der Waals surface area contributed by atoms with E-state index in [2.05, 4.69) is 5.10 Å². The summed E-state index contributed by atoms with van der Waals surface area (Å²) < 4.78 is 22.9. The lowest BCUT2D eigenvalue weighted by Crippen LogP contribution is -2.11. The number of carbonyl (C=O) groups is 1. The molecular weight excluding hydrogens is 244 g/mol. The van der Waals surface area contributed by atoms with Crippen molar-refractivity contribution in [1.29, 1.82) is 0 Å². The standard InChI is InChI=1S/C7H9ClN2O4S/c1-15(13,14)3-2-10-4-5(7(11)12)6(8)9-10/h4H,2-3H2,1H3,(H,11,12). The lowest BCUT2D eigenvalue weighted by molar-refractivity contribution is 0.0697. The van der Waals surface area contributed by atoms with E-state index >= 15 is 0 Å². The highest BCUT2D eigenvalue weighted by Crippen LogP contribution is 2.12. The minimum absolute atomic E-state index is 0.0891. The van der Waals surface area contributed by atoms with Crippen molar-refractivity contribution in [2.24, 2.45) is 0 Å². The normalized spacial score (nSPS) is 11.6. The van der Waals surface area contributed by atoms with Gasteiger partial charge in [0, 0.05) is 12.5 Å². The van der Waals surface area contributed by atoms with Gasteiger partial charge in [-0.05, 0) is 0 Å². The largest absolute Gasteiger partial charge is 0.478 e. The van der Waals surface area contributed by atoms with Crippen molar-refractivity contribution in [2.45, 2.75) is 6.54 Å². The second-order valence-electron chi connectivity index (χ2n) is 3.03. The van der Waals surface area contributed by atoms with Gasteiger partial charge in [-0.3, -0.25) is 4.68 Å². The number of aromatic nitrogens is 2. The Hall–Kier alpha value is -1.08. The molecule has 1 rings (SSSR count). The number of nitrogens with zero attached hydrogens (tertiary/aromatic N) is 2. The van der Waals surface area contributed by atoms with Gasteiger partial charge in [-0.1, -0.05) is 11.6 Å². The molecule has 0 spiro atoms. The third-order valence-electron chi connectivity index (χ3n) is 1.64. The molecule has 1 aromatic rings. The van der Waals surface area contributed by atoms with Crippen LogP contribution in [-0.2, 0) is 16.4 Å². The highest BCUT2D eigenvalue weighted by molar-refractivity contribution is 7.90. The Morgan fingerprint density at radius 3 is 2.67 bits per heavy atom. The first-order chi connectivity index (χ1) is 6.79. The van der Waals surface area contributed by atoms with Crippen molar-refractivity contribution in [1.82, 2.24) is 9.78 Å². The Morgan fingerprint density at radius 2 is 2.27 bits per heavy atom. The predicted octanol–water partition coefficient (Wildman–Crippen LogP) is 0.279. The Bertz CT molecular complexity index is 479. The van der Waals surface area contributed by atoms with Gasteiger partial charge in [0.05, 0.1) is 12.3 Å². The topological polar surface area (TPSA) is 89.3 Å². The van der Waals surface area contributed by atoms with Crippen molar-refractivity contribution < 1.29 is 18.3 Å². The quantitative estimate of drug-likeness (QED) is 0.831. The van der Waals surface area contributed by atoms with Crippen molar-refractivity contribution in [3.63, 3.8) is 0 Å². The molecule has 0 saturated carbocycles. The third kappa shape index (κ3) is 3.52. The van der Waals surface area contributed by atoms with Crippen LogP contribution in [0.1, 0.15) is 10.4 Å². The molecule has 0 bridgehead atoms. The van der Waals surface area contributed by atoms with Gasteiger partial charge in [0.25, 0.3) is 0 Å². The summed E-state index contributed by atoms with van der Waals surface area (Å²) >= 11 is 5.53. The zero-order valence-corrected chi connectivity index (χ0v) is 9.42. The molecule has 1 aromatic heterocycles. The number of hydrogen-bond donors (Lipinski definition) is 1.